The molecule has 1 heterocycles. The molecular weight excluding hydrogens is 621 g/mol. The van der Waals surface area contributed by atoms with Gasteiger partial charge in [-0.25, -0.2) is 4.98 Å². The molecule has 0 fully saturated rings. The number of benzene rings is 7. The number of allylic oxidation sites excluding steroid dienone is 5. The maximum absolute atomic E-state index is 6.20. The molecule has 244 valence electrons. The smallest absolute Gasteiger partial charge is 0.227 e. The van der Waals surface area contributed by atoms with E-state index in [-0.39, 0.29) is 0 Å². The van der Waals surface area contributed by atoms with E-state index >= 15 is 0 Å². The average Bonchev–Trinajstić information content (AvgIpc) is 3.64. The fraction of sp³-hybridized carbons (Fsp3) is 0.0208. The number of anilines is 2. The lowest BCUT2D eigenvalue weighted by atomic mass is 10.0. The minimum absolute atomic E-state index is 0.629. The highest BCUT2D eigenvalue weighted by Gasteiger charge is 2.13. The van der Waals surface area contributed by atoms with Gasteiger partial charge in [-0.05, 0) is 94.7 Å². The molecule has 0 aliphatic heterocycles. The summed E-state index contributed by atoms with van der Waals surface area (Å²) in [5.74, 6) is 0.629. The van der Waals surface area contributed by atoms with Gasteiger partial charge in [0.1, 0.15) is 5.52 Å². The van der Waals surface area contributed by atoms with Gasteiger partial charge in [0.15, 0.2) is 5.58 Å². The molecule has 1 aromatic heterocycles. The number of oxazole rings is 1. The van der Waals surface area contributed by atoms with Crippen LogP contribution in [0.2, 0.25) is 0 Å². The fourth-order valence-corrected chi connectivity index (χ4v) is 6.47. The fourth-order valence-electron chi connectivity index (χ4n) is 6.47. The van der Waals surface area contributed by atoms with E-state index in [1.807, 2.05) is 24.3 Å². The molecule has 0 saturated carbocycles. The van der Waals surface area contributed by atoms with Crippen LogP contribution >= 0.6 is 0 Å². The van der Waals surface area contributed by atoms with E-state index in [2.05, 4.69) is 188 Å². The number of aromatic nitrogens is 1. The number of para-hydroxylation sites is 1. The molecule has 0 bridgehead atoms. The number of hydrogen-bond donors (Lipinski definition) is 0. The molecule has 8 rings (SSSR count). The molecule has 51 heavy (non-hydrogen) atoms. The van der Waals surface area contributed by atoms with Gasteiger partial charge in [0, 0.05) is 28.0 Å². The van der Waals surface area contributed by atoms with Crippen LogP contribution in [0.3, 0.4) is 0 Å². The molecule has 3 nitrogen and oxygen atoms in total. The van der Waals surface area contributed by atoms with Gasteiger partial charge >= 0.3 is 0 Å². The Morgan fingerprint density at radius 3 is 1.76 bits per heavy atom. The van der Waals surface area contributed by atoms with Gasteiger partial charge in [0.25, 0.3) is 0 Å². The van der Waals surface area contributed by atoms with Crippen molar-refractivity contribution in [3.8, 4) is 33.7 Å². The molecule has 7 aromatic carbocycles. The summed E-state index contributed by atoms with van der Waals surface area (Å²) < 4.78 is 6.20. The van der Waals surface area contributed by atoms with Crippen molar-refractivity contribution in [3.63, 3.8) is 0 Å². The summed E-state index contributed by atoms with van der Waals surface area (Å²) in [4.78, 5) is 7.20. The van der Waals surface area contributed by atoms with E-state index in [0.29, 0.717) is 5.89 Å². The second-order valence-corrected chi connectivity index (χ2v) is 12.5. The maximum Gasteiger partial charge on any atom is 0.227 e. The zero-order valence-electron chi connectivity index (χ0n) is 28.4. The monoisotopic (exact) mass is 656 g/mol. The zero-order valence-corrected chi connectivity index (χ0v) is 28.4. The van der Waals surface area contributed by atoms with E-state index in [9.17, 15) is 0 Å². The van der Waals surface area contributed by atoms with Gasteiger partial charge in [-0.3, -0.25) is 0 Å². The first-order valence-corrected chi connectivity index (χ1v) is 17.2. The topological polar surface area (TPSA) is 29.3 Å². The van der Waals surface area contributed by atoms with Crippen LogP contribution in [0.15, 0.2) is 204 Å². The Morgan fingerprint density at radius 2 is 1.10 bits per heavy atom. The van der Waals surface area contributed by atoms with E-state index in [0.717, 1.165) is 50.1 Å². The molecule has 0 aliphatic rings. The van der Waals surface area contributed by atoms with Gasteiger partial charge in [-0.2, -0.15) is 0 Å². The number of fused-ring (bicyclic) bond motifs is 3. The van der Waals surface area contributed by atoms with Gasteiger partial charge in [-0.15, -0.1) is 0 Å². The SMILES string of the molecule is C\C(=C/C=C\C=C\c1ccc2c(ccc3oc(-c4ccc(-c5ccccc5)cc4)nc32)c1)N(c1ccccc1)c1ccc(-c2ccccc2)cc1. The standard InChI is InChI=1S/C48H36N2O/c1-35(50(43-20-12-5-13-21-43)44-30-27-40(28-31-44)38-18-10-4-11-19-38)14-6-2-7-15-36-22-32-45-42(34-36)29-33-46-47(45)49-48(51-46)41-25-23-39(24-26-41)37-16-8-3-9-17-37/h2-34H,1H3/b6-2-,15-7+,35-14+. The normalized spacial score (nSPS) is 12.0. The second-order valence-electron chi connectivity index (χ2n) is 12.5. The molecule has 0 saturated heterocycles. The van der Waals surface area contributed by atoms with Crippen molar-refractivity contribution >= 4 is 39.3 Å². The summed E-state index contributed by atoms with van der Waals surface area (Å²) >= 11 is 0. The quantitative estimate of drug-likeness (QED) is 0.145. The van der Waals surface area contributed by atoms with Gasteiger partial charge in [-0.1, -0.05) is 146 Å². The van der Waals surface area contributed by atoms with Crippen molar-refractivity contribution in [1.82, 2.24) is 4.98 Å². The first-order valence-electron chi connectivity index (χ1n) is 17.2. The lowest BCUT2D eigenvalue weighted by molar-refractivity contribution is 0.620. The van der Waals surface area contributed by atoms with Crippen molar-refractivity contribution in [3.05, 3.63) is 205 Å². The Hall–Kier alpha value is -6.71. The van der Waals surface area contributed by atoms with Crippen LogP contribution < -0.4 is 4.90 Å². The Balaban J connectivity index is 0.986. The molecule has 0 unspecified atom stereocenters. The second kappa shape index (κ2) is 14.4. The summed E-state index contributed by atoms with van der Waals surface area (Å²) in [6, 6.07) is 59.1. The highest BCUT2D eigenvalue weighted by Crippen LogP contribution is 2.33. The molecule has 0 amide bonds. The van der Waals surface area contributed by atoms with Crippen molar-refractivity contribution in [2.45, 2.75) is 6.92 Å². The molecule has 8 aromatic rings. The molecule has 0 N–H and O–H groups in total. The van der Waals surface area contributed by atoms with Crippen molar-refractivity contribution in [2.75, 3.05) is 4.90 Å². The van der Waals surface area contributed by atoms with E-state index in [4.69, 9.17) is 9.40 Å². The lowest BCUT2D eigenvalue weighted by Crippen LogP contribution is -2.14. The molecule has 0 atom stereocenters. The van der Waals surface area contributed by atoms with Crippen LogP contribution in [0.4, 0.5) is 11.4 Å². The molecule has 0 aliphatic carbocycles. The third-order valence-corrected chi connectivity index (χ3v) is 9.09. The third kappa shape index (κ3) is 6.92. The number of rotatable bonds is 9. The number of nitrogens with zero attached hydrogens (tertiary/aromatic N) is 2. The zero-order chi connectivity index (χ0) is 34.4. The highest BCUT2D eigenvalue weighted by atomic mass is 16.3. The largest absolute Gasteiger partial charge is 0.436 e. The van der Waals surface area contributed by atoms with Crippen LogP contribution in [-0.4, -0.2) is 4.98 Å². The van der Waals surface area contributed by atoms with Crippen molar-refractivity contribution in [2.24, 2.45) is 0 Å². The first-order chi connectivity index (χ1) is 25.2. The lowest BCUT2D eigenvalue weighted by Gasteiger charge is -2.26. The summed E-state index contributed by atoms with van der Waals surface area (Å²) in [6.45, 7) is 2.14. The number of hydrogen-bond acceptors (Lipinski definition) is 3. The summed E-state index contributed by atoms with van der Waals surface area (Å²) in [5, 5.41) is 2.20. The van der Waals surface area contributed by atoms with E-state index < -0.39 is 0 Å². The van der Waals surface area contributed by atoms with Crippen molar-refractivity contribution in [1.29, 1.82) is 0 Å². The Kier molecular flexibility index (Phi) is 8.92. The molecular formula is C48H36N2O. The highest BCUT2D eigenvalue weighted by molar-refractivity contribution is 6.04. The maximum atomic E-state index is 6.20. The van der Waals surface area contributed by atoms with Gasteiger partial charge in [0.2, 0.25) is 5.89 Å². The predicted octanol–water partition coefficient (Wildman–Crippen LogP) is 13.3. The summed E-state index contributed by atoms with van der Waals surface area (Å²) in [5.41, 5.74) is 11.9. The first kappa shape index (κ1) is 31.6. The average molecular weight is 657 g/mol. The van der Waals surface area contributed by atoms with Crippen LogP contribution in [0.1, 0.15) is 12.5 Å². The van der Waals surface area contributed by atoms with Crippen LogP contribution in [0, 0.1) is 0 Å². The summed E-state index contributed by atoms with van der Waals surface area (Å²) in [7, 11) is 0. The third-order valence-electron chi connectivity index (χ3n) is 9.09. The Bertz CT molecular complexity index is 2490. The molecule has 0 radical (unpaired) electrons. The minimum atomic E-state index is 0.629. The molecule has 0 spiro atoms. The summed E-state index contributed by atoms with van der Waals surface area (Å²) in [6.07, 6.45) is 10.5. The Morgan fingerprint density at radius 1 is 0.529 bits per heavy atom. The van der Waals surface area contributed by atoms with Crippen molar-refractivity contribution < 1.29 is 4.42 Å². The van der Waals surface area contributed by atoms with Crippen LogP contribution in [0.25, 0.3) is 61.7 Å². The van der Waals surface area contributed by atoms with Gasteiger partial charge in [0.05, 0.1) is 0 Å². The van der Waals surface area contributed by atoms with E-state index in [1.54, 1.807) is 0 Å². The Labute approximate surface area is 298 Å². The molecule has 3 heteroatoms. The van der Waals surface area contributed by atoms with E-state index in [1.165, 1.54) is 22.3 Å². The predicted molar refractivity (Wildman–Crippen MR) is 215 cm³/mol. The van der Waals surface area contributed by atoms with Crippen LogP contribution in [-0.2, 0) is 0 Å². The van der Waals surface area contributed by atoms with Gasteiger partial charge < -0.3 is 9.32 Å². The minimum Gasteiger partial charge on any atom is -0.436 e. The van der Waals surface area contributed by atoms with Crippen LogP contribution in [0.5, 0.6) is 0 Å².